The molecule has 0 aliphatic heterocycles. The van der Waals surface area contributed by atoms with E-state index < -0.39 is 30.5 Å². The van der Waals surface area contributed by atoms with E-state index in [1.807, 2.05) is 0 Å². The number of alkyl halides is 3. The number of aromatic nitrogens is 2. The summed E-state index contributed by atoms with van der Waals surface area (Å²) >= 11 is 0. The van der Waals surface area contributed by atoms with Gasteiger partial charge >= 0.3 is 6.18 Å². The molecule has 1 aromatic heterocycles. The van der Waals surface area contributed by atoms with Crippen LogP contribution in [0.3, 0.4) is 0 Å². The summed E-state index contributed by atoms with van der Waals surface area (Å²) in [6.07, 6.45) is -5.74. The first-order chi connectivity index (χ1) is 12.6. The number of halogens is 3. The first-order valence-electron chi connectivity index (χ1n) is 7.93. The largest absolute Gasteiger partial charge is 0.433 e. The van der Waals surface area contributed by atoms with Gasteiger partial charge in [0.1, 0.15) is 0 Å². The van der Waals surface area contributed by atoms with E-state index in [0.717, 1.165) is 6.07 Å². The third kappa shape index (κ3) is 5.38. The molecule has 0 aliphatic carbocycles. The van der Waals surface area contributed by atoms with Crippen LogP contribution in [0.4, 0.5) is 19.1 Å². The Labute approximate surface area is 153 Å². The van der Waals surface area contributed by atoms with Crippen LogP contribution in [0.1, 0.15) is 16.1 Å². The molecule has 1 aromatic carbocycles. The van der Waals surface area contributed by atoms with E-state index in [2.05, 4.69) is 15.3 Å². The van der Waals surface area contributed by atoms with E-state index in [1.165, 1.54) is 43.3 Å². The number of nitrogens with zero attached hydrogens (tertiary/aromatic N) is 3. The van der Waals surface area contributed by atoms with Crippen LogP contribution in [0.25, 0.3) is 11.3 Å². The van der Waals surface area contributed by atoms with Crippen LogP contribution in [-0.4, -0.2) is 59.4 Å². The highest BCUT2D eigenvalue weighted by Crippen LogP contribution is 2.31. The maximum absolute atomic E-state index is 13.1. The summed E-state index contributed by atoms with van der Waals surface area (Å²) in [5.74, 6) is -0.650. The minimum absolute atomic E-state index is 0.0195. The van der Waals surface area contributed by atoms with Gasteiger partial charge in [-0.15, -0.1) is 0 Å². The Morgan fingerprint density at radius 3 is 2.56 bits per heavy atom. The molecule has 7 nitrogen and oxygen atoms in total. The van der Waals surface area contributed by atoms with Gasteiger partial charge < -0.3 is 20.4 Å². The summed E-state index contributed by atoms with van der Waals surface area (Å²) in [6, 6.07) is 6.73. The molecule has 10 heteroatoms. The van der Waals surface area contributed by atoms with E-state index >= 15 is 0 Å². The Morgan fingerprint density at radius 2 is 1.96 bits per heavy atom. The summed E-state index contributed by atoms with van der Waals surface area (Å²) < 4.78 is 39.4. The Kier molecular flexibility index (Phi) is 6.34. The van der Waals surface area contributed by atoms with Gasteiger partial charge in [0, 0.05) is 31.8 Å². The monoisotopic (exact) mass is 384 g/mol. The zero-order valence-electron chi connectivity index (χ0n) is 14.7. The van der Waals surface area contributed by atoms with Gasteiger partial charge in [-0.1, -0.05) is 12.1 Å². The number of benzene rings is 1. The van der Waals surface area contributed by atoms with Crippen molar-refractivity contribution >= 4 is 11.9 Å². The van der Waals surface area contributed by atoms with Gasteiger partial charge in [-0.05, 0) is 18.2 Å². The van der Waals surface area contributed by atoms with Gasteiger partial charge in [-0.3, -0.25) is 4.79 Å². The molecule has 3 N–H and O–H groups in total. The van der Waals surface area contributed by atoms with E-state index in [-0.39, 0.29) is 23.8 Å². The molecule has 0 unspecified atom stereocenters. The summed E-state index contributed by atoms with van der Waals surface area (Å²) in [6.45, 7) is -0.662. The molecule has 2 aromatic rings. The van der Waals surface area contributed by atoms with Crippen LogP contribution >= 0.6 is 0 Å². The first-order valence-corrected chi connectivity index (χ1v) is 7.93. The van der Waals surface area contributed by atoms with E-state index in [9.17, 15) is 23.1 Å². The fraction of sp³-hybridized carbons (Fsp3) is 0.353. The number of amides is 1. The number of carbonyl (C=O) groups is 1. The lowest BCUT2D eigenvalue weighted by Crippen LogP contribution is -2.33. The first kappa shape index (κ1) is 20.6. The van der Waals surface area contributed by atoms with Gasteiger partial charge in [0.25, 0.3) is 5.91 Å². The van der Waals surface area contributed by atoms with Gasteiger partial charge in [0.2, 0.25) is 5.95 Å². The molecule has 0 aliphatic rings. The normalized spacial score (nSPS) is 12.6. The molecule has 0 fully saturated rings. The second-order valence-electron chi connectivity index (χ2n) is 5.96. The maximum Gasteiger partial charge on any atom is 0.433 e. The Balaban J connectivity index is 2.38. The highest BCUT2D eigenvalue weighted by molar-refractivity contribution is 5.95. The van der Waals surface area contributed by atoms with Crippen molar-refractivity contribution in [2.24, 2.45) is 0 Å². The Hall–Kier alpha value is -2.72. The highest BCUT2D eigenvalue weighted by atomic mass is 19.4. The molecule has 0 bridgehead atoms. The molecular formula is C17H19F3N4O3. The van der Waals surface area contributed by atoms with Crippen molar-refractivity contribution in [3.8, 4) is 11.3 Å². The molecule has 0 saturated heterocycles. The molecule has 0 spiro atoms. The lowest BCUT2D eigenvalue weighted by molar-refractivity contribution is -0.141. The second kappa shape index (κ2) is 8.31. The van der Waals surface area contributed by atoms with E-state index in [4.69, 9.17) is 5.11 Å². The minimum atomic E-state index is -4.64. The predicted molar refractivity (Wildman–Crippen MR) is 92.2 cm³/mol. The zero-order chi connectivity index (χ0) is 20.2. The lowest BCUT2D eigenvalue weighted by Gasteiger charge is -2.15. The molecule has 1 amide bonds. The summed E-state index contributed by atoms with van der Waals surface area (Å²) in [7, 11) is 3.05. The average Bonchev–Trinajstić information content (AvgIpc) is 2.64. The third-order valence-corrected chi connectivity index (χ3v) is 3.53. The predicted octanol–water partition coefficient (Wildman–Crippen LogP) is 1.31. The summed E-state index contributed by atoms with van der Waals surface area (Å²) in [5.41, 5.74) is -0.583. The molecule has 1 atom stereocenters. The van der Waals surface area contributed by atoms with Crippen molar-refractivity contribution in [2.45, 2.75) is 12.3 Å². The number of aliphatic hydroxyl groups excluding tert-OH is 2. The topological polar surface area (TPSA) is 98.6 Å². The van der Waals surface area contributed by atoms with Gasteiger partial charge in [-0.2, -0.15) is 13.2 Å². The molecule has 2 rings (SSSR count). The van der Waals surface area contributed by atoms with Crippen molar-refractivity contribution in [2.75, 3.05) is 32.1 Å². The molecule has 0 saturated carbocycles. The second-order valence-corrected chi connectivity index (χ2v) is 5.96. The van der Waals surface area contributed by atoms with E-state index in [0.29, 0.717) is 5.56 Å². The van der Waals surface area contributed by atoms with Gasteiger partial charge in [0.05, 0.1) is 18.4 Å². The van der Waals surface area contributed by atoms with Crippen molar-refractivity contribution in [1.29, 1.82) is 0 Å². The number of nitrogens with one attached hydrogen (secondary N) is 1. The van der Waals surface area contributed by atoms with Crippen LogP contribution in [0.15, 0.2) is 30.3 Å². The third-order valence-electron chi connectivity index (χ3n) is 3.53. The van der Waals surface area contributed by atoms with Crippen LogP contribution in [-0.2, 0) is 6.18 Å². The fourth-order valence-electron chi connectivity index (χ4n) is 2.12. The van der Waals surface area contributed by atoms with Crippen molar-refractivity contribution in [3.63, 3.8) is 0 Å². The summed E-state index contributed by atoms with van der Waals surface area (Å²) in [5, 5.41) is 20.5. The quantitative estimate of drug-likeness (QED) is 0.695. The van der Waals surface area contributed by atoms with Gasteiger partial charge in [0.15, 0.2) is 5.69 Å². The van der Waals surface area contributed by atoms with Gasteiger partial charge in [-0.25, -0.2) is 9.97 Å². The highest BCUT2D eigenvalue weighted by Gasteiger charge is 2.34. The zero-order valence-corrected chi connectivity index (χ0v) is 14.7. The number of anilines is 1. The molecule has 146 valence electrons. The van der Waals surface area contributed by atoms with Crippen molar-refractivity contribution < 1.29 is 28.2 Å². The van der Waals surface area contributed by atoms with Crippen LogP contribution in [0.5, 0.6) is 0 Å². The number of rotatable bonds is 6. The van der Waals surface area contributed by atoms with Crippen molar-refractivity contribution in [3.05, 3.63) is 41.6 Å². The lowest BCUT2D eigenvalue weighted by atomic mass is 10.1. The Bertz CT molecular complexity index is 812. The smallest absolute Gasteiger partial charge is 0.394 e. The number of hydrogen-bond donors (Lipinski definition) is 3. The maximum atomic E-state index is 13.1. The van der Waals surface area contributed by atoms with Crippen LogP contribution in [0.2, 0.25) is 0 Å². The number of carbonyl (C=O) groups excluding carboxylic acids is 1. The summed E-state index contributed by atoms with van der Waals surface area (Å²) in [4.78, 5) is 21.1. The molecule has 0 radical (unpaired) electrons. The number of hydrogen-bond acceptors (Lipinski definition) is 6. The minimum Gasteiger partial charge on any atom is -0.394 e. The SMILES string of the molecule is CN(C)c1nc(-c2cccc(C(=O)NC[C@H](O)CO)c2)cc(C(F)(F)F)n1. The standard InChI is InChI=1S/C17H19F3N4O3/c1-24(2)16-22-13(7-14(23-16)17(18,19)20)10-4-3-5-11(6-10)15(27)21-8-12(26)9-25/h3-7,12,25-26H,8-9H2,1-2H3,(H,21,27)/t12-/m0/s1. The van der Waals surface area contributed by atoms with Crippen molar-refractivity contribution in [1.82, 2.24) is 15.3 Å². The molecule has 27 heavy (non-hydrogen) atoms. The van der Waals surface area contributed by atoms with Crippen LogP contribution < -0.4 is 10.2 Å². The Morgan fingerprint density at radius 1 is 1.26 bits per heavy atom. The molecule has 1 heterocycles. The average molecular weight is 384 g/mol. The van der Waals surface area contributed by atoms with E-state index in [1.54, 1.807) is 0 Å². The fourth-order valence-corrected chi connectivity index (χ4v) is 2.12. The number of aliphatic hydroxyl groups is 2. The molecular weight excluding hydrogens is 365 g/mol. The van der Waals surface area contributed by atoms with Crippen LogP contribution in [0, 0.1) is 0 Å².